The van der Waals surface area contributed by atoms with Crippen LogP contribution in [0.5, 0.6) is 0 Å². The molecule has 1 amide bonds. The fraction of sp³-hybridized carbons (Fsp3) is 0.444. The third-order valence-electron chi connectivity index (χ3n) is 3.88. The molecule has 0 aromatic heterocycles. The maximum atomic E-state index is 12.4. The van der Waals surface area contributed by atoms with Crippen LogP contribution in [-0.4, -0.2) is 50.9 Å². The Kier molecular flexibility index (Phi) is 7.02. The molecule has 1 aliphatic carbocycles. The summed E-state index contributed by atoms with van der Waals surface area (Å²) in [5.41, 5.74) is 0.818. The first-order valence-corrected chi connectivity index (χ1v) is 10.4. The summed E-state index contributed by atoms with van der Waals surface area (Å²) in [6, 6.07) is 3.75. The molecule has 0 unspecified atom stereocenters. The lowest BCUT2D eigenvalue weighted by atomic mass is 10.2. The van der Waals surface area contributed by atoms with Crippen molar-refractivity contribution in [2.45, 2.75) is 37.6 Å². The van der Waals surface area contributed by atoms with Gasteiger partial charge in [0.1, 0.15) is 4.90 Å². The van der Waals surface area contributed by atoms with Crippen molar-refractivity contribution < 1.29 is 22.7 Å². The second kappa shape index (κ2) is 8.86. The van der Waals surface area contributed by atoms with Crippen LogP contribution in [0, 0.1) is 0 Å². The second-order valence-electron chi connectivity index (χ2n) is 6.48. The molecule has 1 aromatic carbocycles. The second-order valence-corrected chi connectivity index (χ2v) is 8.57. The minimum absolute atomic E-state index is 0.00585. The number of esters is 1. The maximum Gasteiger partial charge on any atom is 0.338 e. The van der Waals surface area contributed by atoms with Crippen LogP contribution < -0.4 is 4.72 Å². The molecule has 9 heteroatoms. The molecule has 0 heterocycles. The molecular formula is C18H23ClN2O5S. The van der Waals surface area contributed by atoms with Crippen LogP contribution in [0.15, 0.2) is 35.2 Å². The predicted octanol–water partition coefficient (Wildman–Crippen LogP) is 2.36. The third-order valence-corrected chi connectivity index (χ3v) is 5.88. The summed E-state index contributed by atoms with van der Waals surface area (Å²) in [6.07, 6.45) is 1.55. The summed E-state index contributed by atoms with van der Waals surface area (Å²) >= 11 is 5.99. The van der Waals surface area contributed by atoms with Gasteiger partial charge in [-0.3, -0.25) is 4.79 Å². The van der Waals surface area contributed by atoms with Gasteiger partial charge in [-0.25, -0.2) is 17.9 Å². The van der Waals surface area contributed by atoms with Crippen LogP contribution in [0.3, 0.4) is 0 Å². The van der Waals surface area contributed by atoms with E-state index >= 15 is 0 Å². The Balaban J connectivity index is 2.07. The molecular weight excluding hydrogens is 392 g/mol. The number of amides is 1. The smallest absolute Gasteiger partial charge is 0.338 e. The van der Waals surface area contributed by atoms with Crippen molar-refractivity contribution >= 4 is 33.5 Å². The van der Waals surface area contributed by atoms with E-state index in [4.69, 9.17) is 16.3 Å². The Hall–Kier alpha value is -1.90. The summed E-state index contributed by atoms with van der Waals surface area (Å²) < 4.78 is 32.3. The van der Waals surface area contributed by atoms with Crippen molar-refractivity contribution in [3.05, 3.63) is 40.9 Å². The Morgan fingerprint density at radius 1 is 1.37 bits per heavy atom. The van der Waals surface area contributed by atoms with Crippen LogP contribution in [0.4, 0.5) is 0 Å². The van der Waals surface area contributed by atoms with Gasteiger partial charge in [0.25, 0.3) is 5.91 Å². The molecule has 2 rings (SSSR count). The number of likely N-dealkylation sites (N-methyl/N-ethyl adjacent to an activating group) is 1. The van der Waals surface area contributed by atoms with Crippen molar-refractivity contribution in [2.75, 3.05) is 19.7 Å². The van der Waals surface area contributed by atoms with Crippen molar-refractivity contribution in [3.63, 3.8) is 0 Å². The molecule has 7 nitrogen and oxygen atoms in total. The van der Waals surface area contributed by atoms with E-state index in [1.54, 1.807) is 6.92 Å². The molecule has 0 bridgehead atoms. The summed E-state index contributed by atoms with van der Waals surface area (Å²) in [5, 5.41) is 0.00870. The molecule has 1 aliphatic rings. The van der Waals surface area contributed by atoms with Crippen LogP contribution >= 0.6 is 11.6 Å². The molecule has 1 saturated carbocycles. The molecule has 1 N–H and O–H groups in total. The molecule has 0 saturated heterocycles. The van der Waals surface area contributed by atoms with E-state index in [0.717, 1.165) is 24.5 Å². The zero-order valence-electron chi connectivity index (χ0n) is 15.3. The minimum atomic E-state index is -3.82. The van der Waals surface area contributed by atoms with Gasteiger partial charge in [-0.1, -0.05) is 23.8 Å². The maximum absolute atomic E-state index is 12.4. The number of halogens is 1. The van der Waals surface area contributed by atoms with Gasteiger partial charge in [-0.05, 0) is 44.9 Å². The van der Waals surface area contributed by atoms with E-state index in [2.05, 4.69) is 11.3 Å². The van der Waals surface area contributed by atoms with Crippen LogP contribution in [0.25, 0.3) is 0 Å². The van der Waals surface area contributed by atoms with Gasteiger partial charge < -0.3 is 9.64 Å². The lowest BCUT2D eigenvalue weighted by Crippen LogP contribution is -2.35. The minimum Gasteiger partial charge on any atom is -0.452 e. The molecule has 0 aliphatic heterocycles. The van der Waals surface area contributed by atoms with Gasteiger partial charge in [0.05, 0.1) is 10.6 Å². The third kappa shape index (κ3) is 6.05. The van der Waals surface area contributed by atoms with Crippen LogP contribution in [0.2, 0.25) is 5.02 Å². The number of nitrogens with one attached hydrogen (secondary N) is 1. The SMILES string of the molecule is C=C(C)CN(CC)C(=O)COC(=O)c1ccc(Cl)c(S(=O)(=O)NC2CC2)c1. The number of rotatable bonds is 9. The van der Waals surface area contributed by atoms with Crippen molar-refractivity contribution in [3.8, 4) is 0 Å². The summed E-state index contributed by atoms with van der Waals surface area (Å²) in [4.78, 5) is 25.7. The fourth-order valence-electron chi connectivity index (χ4n) is 2.32. The Labute approximate surface area is 164 Å². The van der Waals surface area contributed by atoms with E-state index < -0.39 is 22.6 Å². The van der Waals surface area contributed by atoms with Gasteiger partial charge in [0.2, 0.25) is 10.0 Å². The van der Waals surface area contributed by atoms with Gasteiger partial charge in [0, 0.05) is 19.1 Å². The van der Waals surface area contributed by atoms with E-state index in [1.165, 1.54) is 17.0 Å². The van der Waals surface area contributed by atoms with E-state index in [1.807, 2.05) is 6.92 Å². The Morgan fingerprint density at radius 3 is 2.59 bits per heavy atom. The van der Waals surface area contributed by atoms with Crippen molar-refractivity contribution in [2.24, 2.45) is 0 Å². The zero-order valence-corrected chi connectivity index (χ0v) is 16.9. The summed E-state index contributed by atoms with van der Waals surface area (Å²) in [6.45, 7) is 7.76. The number of carbonyl (C=O) groups is 2. The van der Waals surface area contributed by atoms with Crippen molar-refractivity contribution in [1.82, 2.24) is 9.62 Å². The van der Waals surface area contributed by atoms with Gasteiger partial charge >= 0.3 is 5.97 Å². The molecule has 0 atom stereocenters. The number of carbonyl (C=O) groups excluding carboxylic acids is 2. The van der Waals surface area contributed by atoms with Crippen LogP contribution in [0.1, 0.15) is 37.0 Å². The topological polar surface area (TPSA) is 92.8 Å². The first-order chi connectivity index (χ1) is 12.6. The molecule has 0 radical (unpaired) electrons. The highest BCUT2D eigenvalue weighted by Crippen LogP contribution is 2.27. The Bertz CT molecular complexity index is 849. The largest absolute Gasteiger partial charge is 0.452 e. The molecule has 1 fully saturated rings. The quantitative estimate of drug-likeness (QED) is 0.494. The highest BCUT2D eigenvalue weighted by molar-refractivity contribution is 7.89. The molecule has 148 valence electrons. The molecule has 27 heavy (non-hydrogen) atoms. The lowest BCUT2D eigenvalue weighted by Gasteiger charge is -2.20. The normalized spacial score (nSPS) is 13.9. The Morgan fingerprint density at radius 2 is 2.04 bits per heavy atom. The van der Waals surface area contributed by atoms with Gasteiger partial charge in [-0.15, -0.1) is 0 Å². The van der Waals surface area contributed by atoms with Crippen LogP contribution in [-0.2, 0) is 19.6 Å². The first kappa shape index (κ1) is 21.4. The van der Waals surface area contributed by atoms with E-state index in [0.29, 0.717) is 13.1 Å². The van der Waals surface area contributed by atoms with Gasteiger partial charge in [-0.2, -0.15) is 0 Å². The fourth-order valence-corrected chi connectivity index (χ4v) is 4.16. The summed E-state index contributed by atoms with van der Waals surface area (Å²) in [5.74, 6) is -1.15. The number of hydrogen-bond acceptors (Lipinski definition) is 5. The van der Waals surface area contributed by atoms with Gasteiger partial charge in [0.15, 0.2) is 6.61 Å². The summed E-state index contributed by atoms with van der Waals surface area (Å²) in [7, 11) is -3.82. The van der Waals surface area contributed by atoms with Crippen molar-refractivity contribution in [1.29, 1.82) is 0 Å². The van der Waals surface area contributed by atoms with E-state index in [9.17, 15) is 18.0 Å². The first-order valence-electron chi connectivity index (χ1n) is 8.55. The van der Waals surface area contributed by atoms with E-state index in [-0.39, 0.29) is 27.4 Å². The predicted molar refractivity (Wildman–Crippen MR) is 102 cm³/mol. The number of benzene rings is 1. The average molecular weight is 415 g/mol. The number of sulfonamides is 1. The number of nitrogens with zero attached hydrogens (tertiary/aromatic N) is 1. The average Bonchev–Trinajstić information content (AvgIpc) is 3.40. The highest BCUT2D eigenvalue weighted by Gasteiger charge is 2.30. The number of ether oxygens (including phenoxy) is 1. The molecule has 1 aromatic rings. The zero-order chi connectivity index (χ0) is 20.2. The highest BCUT2D eigenvalue weighted by atomic mass is 35.5. The lowest BCUT2D eigenvalue weighted by molar-refractivity contribution is -0.133. The standard InChI is InChI=1S/C18H23ClN2O5S/c1-4-21(10-12(2)3)17(22)11-26-18(23)13-5-8-15(19)16(9-13)27(24,25)20-14-6-7-14/h5,8-9,14,20H,2,4,6-7,10-11H2,1,3H3. The monoisotopic (exact) mass is 414 g/mol. The molecule has 0 spiro atoms. The number of hydrogen-bond donors (Lipinski definition) is 1.